The molecular formula is C26H31N3O4. The van der Waals surface area contributed by atoms with Crippen LogP contribution in [0.5, 0.6) is 11.5 Å². The number of hydrogen-bond donors (Lipinski definition) is 1. The smallest absolute Gasteiger partial charge is 0.340 e. The maximum absolute atomic E-state index is 12.6. The summed E-state index contributed by atoms with van der Waals surface area (Å²) in [6, 6.07) is 15.3. The van der Waals surface area contributed by atoms with Gasteiger partial charge in [-0.1, -0.05) is 18.2 Å². The predicted octanol–water partition coefficient (Wildman–Crippen LogP) is 4.80. The summed E-state index contributed by atoms with van der Waals surface area (Å²) in [7, 11) is 3.23. The highest BCUT2D eigenvalue weighted by atomic mass is 16.5. The van der Waals surface area contributed by atoms with Gasteiger partial charge in [-0.05, 0) is 63.6 Å². The summed E-state index contributed by atoms with van der Waals surface area (Å²) >= 11 is 0. The van der Waals surface area contributed by atoms with Crippen LogP contribution in [-0.2, 0) is 11.3 Å². The van der Waals surface area contributed by atoms with Crippen molar-refractivity contribution in [2.24, 2.45) is 5.10 Å². The van der Waals surface area contributed by atoms with Crippen LogP contribution in [0.4, 0.5) is 0 Å². The number of para-hydroxylation sites is 1. The van der Waals surface area contributed by atoms with Gasteiger partial charge in [0.25, 0.3) is 0 Å². The maximum Gasteiger partial charge on any atom is 0.340 e. The molecule has 7 heteroatoms. The number of ether oxygens (including phenoxy) is 3. The Labute approximate surface area is 195 Å². The lowest BCUT2D eigenvalue weighted by molar-refractivity contribution is 0.0378. The summed E-state index contributed by atoms with van der Waals surface area (Å²) in [6.45, 7) is 8.24. The van der Waals surface area contributed by atoms with Crippen molar-refractivity contribution >= 4 is 12.2 Å². The quantitative estimate of drug-likeness (QED) is 0.289. The molecule has 3 aromatic rings. The normalized spacial score (nSPS) is 11.1. The van der Waals surface area contributed by atoms with Crippen molar-refractivity contribution in [3.63, 3.8) is 0 Å². The highest BCUT2D eigenvalue weighted by Gasteiger charge is 2.18. The molecule has 0 bridgehead atoms. The van der Waals surface area contributed by atoms with E-state index < -0.39 is 0 Å². The maximum atomic E-state index is 12.6. The third-order valence-corrected chi connectivity index (χ3v) is 5.20. The molecule has 0 radical (unpaired) electrons. The second kappa shape index (κ2) is 10.7. The lowest BCUT2D eigenvalue weighted by Crippen LogP contribution is -2.15. The van der Waals surface area contributed by atoms with Crippen molar-refractivity contribution in [1.82, 2.24) is 9.99 Å². The van der Waals surface area contributed by atoms with Gasteiger partial charge in [0.1, 0.15) is 0 Å². The van der Waals surface area contributed by atoms with Crippen molar-refractivity contribution in [3.8, 4) is 17.2 Å². The topological polar surface area (TPSA) is 74.1 Å². The third kappa shape index (κ3) is 5.55. The van der Waals surface area contributed by atoms with Gasteiger partial charge < -0.3 is 24.2 Å². The SMILES string of the molecule is COc1ccc(CN/N=C/c2cc(C)n(-c3ccccc3C(=O)OC(C)C)c2C)cc1OC. The minimum Gasteiger partial charge on any atom is -0.493 e. The van der Waals surface area contributed by atoms with Crippen LogP contribution in [0.3, 0.4) is 0 Å². The molecule has 7 nitrogen and oxygen atoms in total. The third-order valence-electron chi connectivity index (χ3n) is 5.20. The molecule has 0 aliphatic rings. The molecule has 0 amide bonds. The first-order valence-corrected chi connectivity index (χ1v) is 10.8. The van der Waals surface area contributed by atoms with Crippen LogP contribution in [0.1, 0.15) is 46.7 Å². The highest BCUT2D eigenvalue weighted by Crippen LogP contribution is 2.27. The van der Waals surface area contributed by atoms with Crippen LogP contribution >= 0.6 is 0 Å². The zero-order valence-corrected chi connectivity index (χ0v) is 20.0. The number of benzene rings is 2. The Kier molecular flexibility index (Phi) is 7.77. The number of esters is 1. The number of nitrogens with one attached hydrogen (secondary N) is 1. The zero-order chi connectivity index (χ0) is 24.0. The standard InChI is InChI=1S/C26H31N3O4/c1-17(2)33-26(30)22-9-7-8-10-23(22)29-18(3)13-21(19(29)4)16-28-27-15-20-11-12-24(31-5)25(14-20)32-6/h7-14,16-17,27H,15H2,1-6H3/b28-16+. The van der Waals surface area contributed by atoms with Gasteiger partial charge in [0.15, 0.2) is 11.5 Å². The Morgan fingerprint density at radius 3 is 2.48 bits per heavy atom. The minimum atomic E-state index is -0.333. The molecule has 0 fully saturated rings. The molecular weight excluding hydrogens is 418 g/mol. The van der Waals surface area contributed by atoms with Gasteiger partial charge in [-0.25, -0.2) is 4.79 Å². The predicted molar refractivity (Wildman–Crippen MR) is 130 cm³/mol. The first-order chi connectivity index (χ1) is 15.8. The Balaban J connectivity index is 1.78. The van der Waals surface area contributed by atoms with Crippen LogP contribution in [0.2, 0.25) is 0 Å². The average molecular weight is 450 g/mol. The molecule has 1 heterocycles. The fourth-order valence-corrected chi connectivity index (χ4v) is 3.65. The molecule has 0 spiro atoms. The first-order valence-electron chi connectivity index (χ1n) is 10.8. The molecule has 1 N–H and O–H groups in total. The lowest BCUT2D eigenvalue weighted by atomic mass is 10.1. The Morgan fingerprint density at radius 2 is 1.79 bits per heavy atom. The summed E-state index contributed by atoms with van der Waals surface area (Å²) in [5, 5.41) is 4.39. The molecule has 0 saturated carbocycles. The van der Waals surface area contributed by atoms with Crippen LogP contribution in [0.25, 0.3) is 5.69 Å². The van der Waals surface area contributed by atoms with Crippen molar-refractivity contribution < 1.29 is 19.0 Å². The van der Waals surface area contributed by atoms with Gasteiger partial charge in [-0.3, -0.25) is 0 Å². The molecule has 1 aromatic heterocycles. The number of rotatable bonds is 9. The van der Waals surface area contributed by atoms with Gasteiger partial charge in [-0.2, -0.15) is 5.10 Å². The van der Waals surface area contributed by atoms with Gasteiger partial charge in [0, 0.05) is 17.0 Å². The molecule has 2 aromatic carbocycles. The molecule has 0 saturated heterocycles. The number of methoxy groups -OCH3 is 2. The van der Waals surface area contributed by atoms with Crippen LogP contribution in [-0.4, -0.2) is 37.1 Å². The molecule has 0 atom stereocenters. The van der Waals surface area contributed by atoms with Gasteiger partial charge in [-0.15, -0.1) is 0 Å². The number of carbonyl (C=O) groups excluding carboxylic acids is 1. The van der Waals surface area contributed by atoms with E-state index in [1.54, 1.807) is 26.5 Å². The van der Waals surface area contributed by atoms with Crippen molar-refractivity contribution in [2.75, 3.05) is 14.2 Å². The van der Waals surface area contributed by atoms with E-state index in [4.69, 9.17) is 14.2 Å². The van der Waals surface area contributed by atoms with Gasteiger partial charge >= 0.3 is 5.97 Å². The number of carbonyl (C=O) groups is 1. The van der Waals surface area contributed by atoms with E-state index in [0.29, 0.717) is 23.6 Å². The van der Waals surface area contributed by atoms with Crippen molar-refractivity contribution in [2.45, 2.75) is 40.3 Å². The number of hydrazone groups is 1. The van der Waals surface area contributed by atoms with Crippen molar-refractivity contribution in [1.29, 1.82) is 0 Å². The summed E-state index contributed by atoms with van der Waals surface area (Å²) in [5.74, 6) is 1.04. The number of nitrogens with zero attached hydrogens (tertiary/aromatic N) is 2. The van der Waals surface area contributed by atoms with E-state index in [9.17, 15) is 4.79 Å². The number of hydrogen-bond acceptors (Lipinski definition) is 6. The first kappa shape index (κ1) is 23.9. The van der Waals surface area contributed by atoms with E-state index in [2.05, 4.69) is 10.5 Å². The largest absolute Gasteiger partial charge is 0.493 e. The van der Waals surface area contributed by atoms with E-state index in [-0.39, 0.29) is 12.1 Å². The monoisotopic (exact) mass is 449 g/mol. The molecule has 3 rings (SSSR count). The van der Waals surface area contributed by atoms with Crippen molar-refractivity contribution in [3.05, 3.63) is 76.6 Å². The molecule has 33 heavy (non-hydrogen) atoms. The molecule has 174 valence electrons. The summed E-state index contributed by atoms with van der Waals surface area (Å²) in [5.41, 5.74) is 8.35. The second-order valence-corrected chi connectivity index (χ2v) is 7.92. The second-order valence-electron chi connectivity index (χ2n) is 7.92. The fourth-order valence-electron chi connectivity index (χ4n) is 3.65. The van der Waals surface area contributed by atoms with Crippen LogP contribution in [0.15, 0.2) is 53.6 Å². The number of aromatic nitrogens is 1. The zero-order valence-electron chi connectivity index (χ0n) is 20.0. The van der Waals surface area contributed by atoms with Gasteiger partial charge in [0.05, 0.1) is 44.3 Å². The van der Waals surface area contributed by atoms with E-state index in [1.807, 2.05) is 74.7 Å². The van der Waals surface area contributed by atoms with Crippen LogP contribution in [0, 0.1) is 13.8 Å². The fraction of sp³-hybridized carbons (Fsp3) is 0.308. The summed E-state index contributed by atoms with van der Waals surface area (Å²) in [4.78, 5) is 12.6. The molecule has 0 aliphatic heterocycles. The van der Waals surface area contributed by atoms with E-state index >= 15 is 0 Å². The minimum absolute atomic E-state index is 0.183. The Bertz CT molecular complexity index is 1150. The van der Waals surface area contributed by atoms with E-state index in [0.717, 1.165) is 28.2 Å². The Hall–Kier alpha value is -3.74. The summed E-state index contributed by atoms with van der Waals surface area (Å²) < 4.78 is 18.1. The molecule has 0 unspecified atom stereocenters. The Morgan fingerprint density at radius 1 is 1.06 bits per heavy atom. The van der Waals surface area contributed by atoms with Gasteiger partial charge in [0.2, 0.25) is 0 Å². The van der Waals surface area contributed by atoms with Crippen LogP contribution < -0.4 is 14.9 Å². The summed E-state index contributed by atoms with van der Waals surface area (Å²) in [6.07, 6.45) is 1.60. The van der Waals surface area contributed by atoms with E-state index in [1.165, 1.54) is 0 Å². The lowest BCUT2D eigenvalue weighted by Gasteiger charge is -2.15. The average Bonchev–Trinajstić information content (AvgIpc) is 3.08. The number of aryl methyl sites for hydroxylation is 1. The highest BCUT2D eigenvalue weighted by molar-refractivity contribution is 5.94. The molecule has 0 aliphatic carbocycles.